The van der Waals surface area contributed by atoms with Crippen LogP contribution < -0.4 is 0 Å². The molecule has 1 saturated heterocycles. The molecule has 1 aromatic carbocycles. The molecule has 0 aromatic heterocycles. The van der Waals surface area contributed by atoms with Gasteiger partial charge in [0.25, 0.3) is 0 Å². The number of aliphatic carboxylic acids is 1. The van der Waals surface area contributed by atoms with Gasteiger partial charge in [-0.2, -0.15) is 0 Å². The van der Waals surface area contributed by atoms with Gasteiger partial charge in [-0.3, -0.25) is 9.69 Å². The highest BCUT2D eigenvalue weighted by atomic mass is 35.5. The van der Waals surface area contributed by atoms with Gasteiger partial charge in [0.15, 0.2) is 0 Å². The number of hydrogen-bond donors (Lipinski definition) is 1. The van der Waals surface area contributed by atoms with Crippen LogP contribution in [0.5, 0.6) is 0 Å². The number of nitrogens with zero attached hydrogens (tertiary/aromatic N) is 2. The topological polar surface area (TPSA) is 43.8 Å². The Labute approximate surface area is 122 Å². The molecule has 1 aliphatic heterocycles. The standard InChI is InChI=1S/C13H16F2N2O2.ClH/c1-16-5-7-17(8-6-16)12(13(18)19)11-9(14)3-2-4-10(11)15;/h2-4,12H,5-8H2,1H3,(H,18,19);1H. The van der Waals surface area contributed by atoms with E-state index in [0.717, 1.165) is 12.1 Å². The SMILES string of the molecule is CN1CCN(C(C(=O)O)c2c(F)cccc2F)CC1.Cl. The smallest absolute Gasteiger partial charge is 0.325 e. The summed E-state index contributed by atoms with van der Waals surface area (Å²) in [5.74, 6) is -2.86. The summed E-state index contributed by atoms with van der Waals surface area (Å²) in [7, 11) is 1.93. The van der Waals surface area contributed by atoms with E-state index in [9.17, 15) is 18.7 Å². The highest BCUT2D eigenvalue weighted by Crippen LogP contribution is 2.27. The second kappa shape index (κ2) is 6.97. The molecule has 1 fully saturated rings. The van der Waals surface area contributed by atoms with Crippen molar-refractivity contribution >= 4 is 18.4 Å². The van der Waals surface area contributed by atoms with Gasteiger partial charge in [0, 0.05) is 26.2 Å². The fourth-order valence-electron chi connectivity index (χ4n) is 2.31. The molecule has 112 valence electrons. The fourth-order valence-corrected chi connectivity index (χ4v) is 2.31. The summed E-state index contributed by atoms with van der Waals surface area (Å²) in [5, 5.41) is 9.31. The lowest BCUT2D eigenvalue weighted by Gasteiger charge is -2.36. The Kier molecular flexibility index (Phi) is 5.86. The average molecular weight is 307 g/mol. The number of carboxylic acids is 1. The minimum absolute atomic E-state index is 0. The average Bonchev–Trinajstić information content (AvgIpc) is 2.35. The van der Waals surface area contributed by atoms with Gasteiger partial charge in [0.2, 0.25) is 0 Å². The molecule has 0 bridgehead atoms. The van der Waals surface area contributed by atoms with Gasteiger partial charge in [-0.15, -0.1) is 12.4 Å². The number of rotatable bonds is 3. The molecule has 20 heavy (non-hydrogen) atoms. The number of likely N-dealkylation sites (N-methyl/N-ethyl adjacent to an activating group) is 1. The molecule has 1 aromatic rings. The molecule has 1 heterocycles. The lowest BCUT2D eigenvalue weighted by atomic mass is 10.0. The van der Waals surface area contributed by atoms with E-state index in [2.05, 4.69) is 0 Å². The second-order valence-electron chi connectivity index (χ2n) is 4.72. The highest BCUT2D eigenvalue weighted by Gasteiger charge is 2.33. The van der Waals surface area contributed by atoms with Crippen LogP contribution in [0.25, 0.3) is 0 Å². The predicted molar refractivity (Wildman–Crippen MR) is 73.1 cm³/mol. The van der Waals surface area contributed by atoms with Crippen molar-refractivity contribution in [2.75, 3.05) is 33.2 Å². The van der Waals surface area contributed by atoms with E-state index in [1.807, 2.05) is 11.9 Å². The molecule has 0 spiro atoms. The second-order valence-corrected chi connectivity index (χ2v) is 4.72. The third kappa shape index (κ3) is 3.45. The molecule has 1 atom stereocenters. The van der Waals surface area contributed by atoms with E-state index in [1.165, 1.54) is 6.07 Å². The summed E-state index contributed by atoms with van der Waals surface area (Å²) >= 11 is 0. The van der Waals surface area contributed by atoms with Crippen LogP contribution >= 0.6 is 12.4 Å². The maximum atomic E-state index is 13.8. The first-order valence-electron chi connectivity index (χ1n) is 6.10. The molecule has 0 amide bonds. The van der Waals surface area contributed by atoms with Crippen LogP contribution in [0.15, 0.2) is 18.2 Å². The molecular formula is C13H17ClF2N2O2. The fraction of sp³-hybridized carbons (Fsp3) is 0.462. The normalized spacial score (nSPS) is 18.4. The third-order valence-electron chi connectivity index (χ3n) is 3.41. The van der Waals surface area contributed by atoms with Crippen LogP contribution in [0.2, 0.25) is 0 Å². The van der Waals surface area contributed by atoms with Gasteiger partial charge in [-0.1, -0.05) is 6.07 Å². The van der Waals surface area contributed by atoms with Gasteiger partial charge >= 0.3 is 5.97 Å². The van der Waals surface area contributed by atoms with Crippen LogP contribution in [-0.4, -0.2) is 54.1 Å². The summed E-state index contributed by atoms with van der Waals surface area (Å²) in [4.78, 5) is 15.0. The Balaban J connectivity index is 0.00000200. The molecule has 1 aliphatic rings. The number of halogens is 3. The van der Waals surface area contributed by atoms with Crippen molar-refractivity contribution in [2.24, 2.45) is 0 Å². The summed E-state index contributed by atoms with van der Waals surface area (Å²) in [6.45, 7) is 2.31. The van der Waals surface area contributed by atoms with Crippen molar-refractivity contribution in [2.45, 2.75) is 6.04 Å². The van der Waals surface area contributed by atoms with Gasteiger partial charge in [0.1, 0.15) is 17.7 Å². The number of benzene rings is 1. The molecule has 0 saturated carbocycles. The zero-order chi connectivity index (χ0) is 14.0. The highest BCUT2D eigenvalue weighted by molar-refractivity contribution is 5.85. The van der Waals surface area contributed by atoms with Crippen LogP contribution in [0.4, 0.5) is 8.78 Å². The lowest BCUT2D eigenvalue weighted by molar-refractivity contribution is -0.144. The van der Waals surface area contributed by atoms with Crippen molar-refractivity contribution < 1.29 is 18.7 Å². The molecule has 4 nitrogen and oxygen atoms in total. The largest absolute Gasteiger partial charge is 0.480 e. The molecule has 0 aliphatic carbocycles. The lowest BCUT2D eigenvalue weighted by Crippen LogP contribution is -2.48. The van der Waals surface area contributed by atoms with Gasteiger partial charge in [-0.25, -0.2) is 8.78 Å². The first-order chi connectivity index (χ1) is 9.00. The quantitative estimate of drug-likeness (QED) is 0.924. The first kappa shape index (κ1) is 16.8. The Morgan fingerprint density at radius 1 is 1.20 bits per heavy atom. The van der Waals surface area contributed by atoms with Crippen molar-refractivity contribution in [1.29, 1.82) is 0 Å². The Morgan fingerprint density at radius 3 is 2.15 bits per heavy atom. The van der Waals surface area contributed by atoms with Gasteiger partial charge in [-0.05, 0) is 19.2 Å². The Bertz CT molecular complexity index is 459. The molecule has 7 heteroatoms. The van der Waals surface area contributed by atoms with Crippen LogP contribution in [0.1, 0.15) is 11.6 Å². The minimum atomic E-state index is -1.27. The third-order valence-corrected chi connectivity index (χ3v) is 3.41. The predicted octanol–water partition coefficient (Wildman–Crippen LogP) is 1.76. The Hall–Kier alpha value is -1.24. The first-order valence-corrected chi connectivity index (χ1v) is 6.10. The van der Waals surface area contributed by atoms with E-state index in [1.54, 1.807) is 4.90 Å². The molecule has 0 radical (unpaired) electrons. The molecule has 1 N–H and O–H groups in total. The van der Waals surface area contributed by atoms with E-state index >= 15 is 0 Å². The van der Waals surface area contributed by atoms with Gasteiger partial charge in [0.05, 0.1) is 5.56 Å². The zero-order valence-corrected chi connectivity index (χ0v) is 11.9. The number of carbonyl (C=O) groups is 1. The maximum absolute atomic E-state index is 13.8. The summed E-state index contributed by atoms with van der Waals surface area (Å²) in [6.07, 6.45) is 0. The summed E-state index contributed by atoms with van der Waals surface area (Å²) in [5.41, 5.74) is -0.375. The molecule has 2 rings (SSSR count). The minimum Gasteiger partial charge on any atom is -0.480 e. The molecular weight excluding hydrogens is 290 g/mol. The van der Waals surface area contributed by atoms with E-state index < -0.39 is 23.6 Å². The van der Waals surface area contributed by atoms with Crippen molar-refractivity contribution in [1.82, 2.24) is 9.80 Å². The van der Waals surface area contributed by atoms with Crippen molar-refractivity contribution in [3.8, 4) is 0 Å². The summed E-state index contributed by atoms with van der Waals surface area (Å²) in [6, 6.07) is 2.14. The maximum Gasteiger partial charge on any atom is 0.325 e. The van der Waals surface area contributed by atoms with Crippen molar-refractivity contribution in [3.63, 3.8) is 0 Å². The molecule has 1 unspecified atom stereocenters. The van der Waals surface area contributed by atoms with Gasteiger partial charge < -0.3 is 10.0 Å². The van der Waals surface area contributed by atoms with E-state index in [4.69, 9.17) is 0 Å². The zero-order valence-electron chi connectivity index (χ0n) is 11.1. The monoisotopic (exact) mass is 306 g/mol. The number of hydrogen-bond acceptors (Lipinski definition) is 3. The van der Waals surface area contributed by atoms with E-state index in [-0.39, 0.29) is 18.0 Å². The Morgan fingerprint density at radius 2 is 1.70 bits per heavy atom. The summed E-state index contributed by atoms with van der Waals surface area (Å²) < 4.78 is 27.5. The van der Waals surface area contributed by atoms with Crippen LogP contribution in [0.3, 0.4) is 0 Å². The van der Waals surface area contributed by atoms with E-state index in [0.29, 0.717) is 26.2 Å². The number of piperazine rings is 1. The van der Waals surface area contributed by atoms with Crippen LogP contribution in [-0.2, 0) is 4.79 Å². The van der Waals surface area contributed by atoms with Crippen LogP contribution in [0, 0.1) is 11.6 Å². The number of carboxylic acid groups (broad SMARTS) is 1. The van der Waals surface area contributed by atoms with Crippen molar-refractivity contribution in [3.05, 3.63) is 35.4 Å².